The van der Waals surface area contributed by atoms with Crippen LogP contribution in [0.5, 0.6) is 0 Å². The van der Waals surface area contributed by atoms with Gasteiger partial charge in [0.2, 0.25) is 0 Å². The van der Waals surface area contributed by atoms with Gasteiger partial charge >= 0.3 is 0 Å². The number of nitrogens with two attached hydrogens (primary N) is 1. The van der Waals surface area contributed by atoms with Crippen molar-refractivity contribution in [1.82, 2.24) is 30.0 Å². The van der Waals surface area contributed by atoms with E-state index in [2.05, 4.69) is 32.2 Å². The fourth-order valence-electron chi connectivity index (χ4n) is 1.49. The van der Waals surface area contributed by atoms with Crippen LogP contribution in [0.25, 0.3) is 0 Å². The molecule has 0 bridgehead atoms. The highest BCUT2D eigenvalue weighted by atomic mass is 32.1. The highest BCUT2D eigenvalue weighted by molar-refractivity contribution is 7.05. The molecule has 2 rings (SSSR count). The van der Waals surface area contributed by atoms with Crippen LogP contribution < -0.4 is 11.3 Å². The summed E-state index contributed by atoms with van der Waals surface area (Å²) in [5.41, 5.74) is 3.66. The van der Waals surface area contributed by atoms with Gasteiger partial charge in [0, 0.05) is 6.54 Å². The Kier molecular flexibility index (Phi) is 3.54. The normalized spacial score (nSPS) is 12.9. The second-order valence-electron chi connectivity index (χ2n) is 3.30. The summed E-state index contributed by atoms with van der Waals surface area (Å²) in [5, 5.41) is 11.7. The van der Waals surface area contributed by atoms with E-state index in [1.807, 2.05) is 4.68 Å². The van der Waals surface area contributed by atoms with Gasteiger partial charge in [0.05, 0.1) is 23.0 Å². The summed E-state index contributed by atoms with van der Waals surface area (Å²) in [6, 6.07) is -0.151. The standard InChI is InChI=1S/C8H13N7S/c1-2-3-15-6(4-10-13-15)8(12-9)7-5-11-14-16-7/h4-5,8,12H,2-3,9H2,1H3. The monoisotopic (exact) mass is 239 g/mol. The maximum absolute atomic E-state index is 5.55. The summed E-state index contributed by atoms with van der Waals surface area (Å²) < 4.78 is 5.66. The SMILES string of the molecule is CCCn1nncc1C(NN)c1cnns1. The van der Waals surface area contributed by atoms with E-state index in [9.17, 15) is 0 Å². The molecule has 7 nitrogen and oxygen atoms in total. The Bertz CT molecular complexity index is 423. The summed E-state index contributed by atoms with van der Waals surface area (Å²) in [7, 11) is 0. The molecule has 0 saturated carbocycles. The van der Waals surface area contributed by atoms with Gasteiger partial charge in [0.15, 0.2) is 0 Å². The average molecular weight is 239 g/mol. The average Bonchev–Trinajstić information content (AvgIpc) is 2.92. The second-order valence-corrected chi connectivity index (χ2v) is 4.12. The molecule has 2 heterocycles. The minimum atomic E-state index is -0.151. The van der Waals surface area contributed by atoms with Crippen molar-refractivity contribution in [2.75, 3.05) is 0 Å². The van der Waals surface area contributed by atoms with Gasteiger partial charge in [-0.2, -0.15) is 0 Å². The molecule has 0 amide bonds. The van der Waals surface area contributed by atoms with Gasteiger partial charge in [-0.1, -0.05) is 16.6 Å². The van der Waals surface area contributed by atoms with Crippen LogP contribution in [0, 0.1) is 0 Å². The third-order valence-corrected chi connectivity index (χ3v) is 2.94. The molecule has 16 heavy (non-hydrogen) atoms. The van der Waals surface area contributed by atoms with E-state index in [0.29, 0.717) is 0 Å². The minimum Gasteiger partial charge on any atom is -0.270 e. The Balaban J connectivity index is 2.30. The van der Waals surface area contributed by atoms with Crippen molar-refractivity contribution in [2.45, 2.75) is 25.9 Å². The van der Waals surface area contributed by atoms with E-state index < -0.39 is 0 Å². The molecular formula is C8H13N7S. The van der Waals surface area contributed by atoms with Crippen molar-refractivity contribution in [3.63, 3.8) is 0 Å². The fourth-order valence-corrected chi connectivity index (χ4v) is 2.07. The van der Waals surface area contributed by atoms with E-state index in [-0.39, 0.29) is 6.04 Å². The predicted molar refractivity (Wildman–Crippen MR) is 59.4 cm³/mol. The highest BCUT2D eigenvalue weighted by Gasteiger charge is 2.19. The van der Waals surface area contributed by atoms with Gasteiger partial charge in [0.25, 0.3) is 0 Å². The predicted octanol–water partition coefficient (Wildman–Crippen LogP) is 0.0923. The zero-order chi connectivity index (χ0) is 11.4. The first-order valence-corrected chi connectivity index (χ1v) is 5.76. The molecule has 0 radical (unpaired) electrons. The van der Waals surface area contributed by atoms with Crippen molar-refractivity contribution in [3.05, 3.63) is 23.0 Å². The second kappa shape index (κ2) is 5.10. The molecule has 0 saturated heterocycles. The number of hydrazine groups is 1. The molecule has 1 atom stereocenters. The lowest BCUT2D eigenvalue weighted by atomic mass is 10.2. The molecule has 0 spiro atoms. The Morgan fingerprint density at radius 1 is 1.50 bits per heavy atom. The fraction of sp³-hybridized carbons (Fsp3) is 0.500. The van der Waals surface area contributed by atoms with Crippen LogP contribution >= 0.6 is 11.5 Å². The Hall–Kier alpha value is -1.38. The lowest BCUT2D eigenvalue weighted by molar-refractivity contribution is 0.515. The molecule has 0 aliphatic carbocycles. The van der Waals surface area contributed by atoms with Gasteiger partial charge in [-0.25, -0.2) is 10.1 Å². The number of aromatic nitrogens is 5. The van der Waals surface area contributed by atoms with E-state index in [0.717, 1.165) is 23.5 Å². The smallest absolute Gasteiger partial charge is 0.102 e. The van der Waals surface area contributed by atoms with Crippen molar-refractivity contribution in [3.8, 4) is 0 Å². The summed E-state index contributed by atoms with van der Waals surface area (Å²) in [6.45, 7) is 2.91. The number of aryl methyl sites for hydroxylation is 1. The van der Waals surface area contributed by atoms with E-state index in [1.54, 1.807) is 12.4 Å². The number of nitrogens with zero attached hydrogens (tertiary/aromatic N) is 5. The van der Waals surface area contributed by atoms with Crippen molar-refractivity contribution < 1.29 is 0 Å². The highest BCUT2D eigenvalue weighted by Crippen LogP contribution is 2.22. The summed E-state index contributed by atoms with van der Waals surface area (Å²) in [6.07, 6.45) is 4.40. The number of rotatable bonds is 5. The number of hydrogen-bond acceptors (Lipinski definition) is 7. The first-order valence-electron chi connectivity index (χ1n) is 4.98. The topological polar surface area (TPSA) is 94.5 Å². The largest absolute Gasteiger partial charge is 0.270 e. The molecule has 8 heteroatoms. The van der Waals surface area contributed by atoms with Crippen LogP contribution in [0.1, 0.15) is 30.0 Å². The van der Waals surface area contributed by atoms with E-state index in [4.69, 9.17) is 5.84 Å². The van der Waals surface area contributed by atoms with Crippen LogP contribution in [0.3, 0.4) is 0 Å². The zero-order valence-corrected chi connectivity index (χ0v) is 9.68. The maximum Gasteiger partial charge on any atom is 0.102 e. The van der Waals surface area contributed by atoms with E-state index in [1.165, 1.54) is 11.5 Å². The third-order valence-electron chi connectivity index (χ3n) is 2.21. The molecule has 0 fully saturated rings. The van der Waals surface area contributed by atoms with Gasteiger partial charge in [-0.3, -0.25) is 5.84 Å². The molecule has 1 unspecified atom stereocenters. The summed E-state index contributed by atoms with van der Waals surface area (Å²) in [4.78, 5) is 0.946. The molecule has 86 valence electrons. The summed E-state index contributed by atoms with van der Waals surface area (Å²) >= 11 is 1.31. The first kappa shape index (κ1) is 11.1. The van der Waals surface area contributed by atoms with Crippen molar-refractivity contribution >= 4 is 11.5 Å². The maximum atomic E-state index is 5.55. The van der Waals surface area contributed by atoms with Crippen LogP contribution in [-0.4, -0.2) is 24.6 Å². The molecule has 0 aliphatic rings. The van der Waals surface area contributed by atoms with Crippen LogP contribution in [0.15, 0.2) is 12.4 Å². The molecular weight excluding hydrogens is 226 g/mol. The molecule has 0 aromatic carbocycles. The molecule has 2 aromatic heterocycles. The lowest BCUT2D eigenvalue weighted by Crippen LogP contribution is -2.30. The van der Waals surface area contributed by atoms with E-state index >= 15 is 0 Å². The van der Waals surface area contributed by atoms with Gasteiger partial charge < -0.3 is 0 Å². The van der Waals surface area contributed by atoms with Gasteiger partial charge in [-0.05, 0) is 18.0 Å². The lowest BCUT2D eigenvalue weighted by Gasteiger charge is -2.13. The van der Waals surface area contributed by atoms with Crippen molar-refractivity contribution in [2.24, 2.45) is 5.84 Å². The Labute approximate surface area is 96.8 Å². The molecule has 2 aromatic rings. The zero-order valence-electron chi connectivity index (χ0n) is 8.87. The van der Waals surface area contributed by atoms with Gasteiger partial charge in [0.1, 0.15) is 6.04 Å². The van der Waals surface area contributed by atoms with Gasteiger partial charge in [-0.15, -0.1) is 10.2 Å². The quantitative estimate of drug-likeness (QED) is 0.567. The first-order chi connectivity index (χ1) is 7.86. The van der Waals surface area contributed by atoms with Crippen LogP contribution in [0.4, 0.5) is 0 Å². The third kappa shape index (κ3) is 2.08. The minimum absolute atomic E-state index is 0.151. The molecule has 0 aliphatic heterocycles. The summed E-state index contributed by atoms with van der Waals surface area (Å²) in [5.74, 6) is 5.55. The number of nitrogens with one attached hydrogen (secondary N) is 1. The molecule has 3 N–H and O–H groups in total. The number of hydrogen-bond donors (Lipinski definition) is 2. The Morgan fingerprint density at radius 2 is 2.38 bits per heavy atom. The van der Waals surface area contributed by atoms with Crippen molar-refractivity contribution in [1.29, 1.82) is 0 Å². The Morgan fingerprint density at radius 3 is 3.00 bits per heavy atom. The van der Waals surface area contributed by atoms with Crippen LogP contribution in [-0.2, 0) is 6.54 Å². The van der Waals surface area contributed by atoms with Crippen LogP contribution in [0.2, 0.25) is 0 Å².